The van der Waals surface area contributed by atoms with Gasteiger partial charge in [-0.25, -0.2) is 0 Å². The first-order chi connectivity index (χ1) is 11.4. The molecule has 132 valence electrons. The highest BCUT2D eigenvalue weighted by atomic mass is 35.5. The summed E-state index contributed by atoms with van der Waals surface area (Å²) >= 11 is 6.21. The van der Waals surface area contributed by atoms with E-state index in [-0.39, 0.29) is 11.8 Å². The summed E-state index contributed by atoms with van der Waals surface area (Å²) in [6.45, 7) is 6.52. The largest absolute Gasteiger partial charge is 0.497 e. The van der Waals surface area contributed by atoms with Gasteiger partial charge in [0, 0.05) is 32.6 Å². The molecule has 2 amide bonds. The molecule has 0 atom stereocenters. The average Bonchev–Trinajstić information content (AvgIpc) is 2.79. The monoisotopic (exact) mass is 352 g/mol. The molecule has 1 aromatic carbocycles. The zero-order valence-electron chi connectivity index (χ0n) is 14.5. The second kappa shape index (κ2) is 8.38. The van der Waals surface area contributed by atoms with Crippen molar-refractivity contribution in [3.05, 3.63) is 28.8 Å². The molecule has 1 aliphatic rings. The van der Waals surface area contributed by atoms with Crippen LogP contribution in [0.15, 0.2) is 18.2 Å². The number of benzene rings is 1. The molecule has 0 aromatic heterocycles. The van der Waals surface area contributed by atoms with Crippen LogP contribution in [0.3, 0.4) is 0 Å². The zero-order chi connectivity index (χ0) is 17.7. The second-order valence-corrected chi connectivity index (χ2v) is 6.88. The Labute approximate surface area is 148 Å². The fourth-order valence-corrected chi connectivity index (χ4v) is 3.07. The molecular weight excluding hydrogens is 328 g/mol. The molecule has 0 N–H and O–H groups in total. The van der Waals surface area contributed by atoms with Gasteiger partial charge in [0.15, 0.2) is 0 Å². The summed E-state index contributed by atoms with van der Waals surface area (Å²) in [5.74, 6) is 1.04. The molecular formula is C18H25ClN2O3. The molecule has 5 nitrogen and oxygen atoms in total. The smallest absolute Gasteiger partial charge is 0.255 e. The van der Waals surface area contributed by atoms with Gasteiger partial charge in [0.05, 0.1) is 17.7 Å². The predicted octanol–water partition coefficient (Wildman–Crippen LogP) is 3.07. The number of methoxy groups -OCH3 is 1. The number of ether oxygens (including phenoxy) is 1. The number of carbonyl (C=O) groups is 2. The molecule has 0 bridgehead atoms. The Morgan fingerprint density at radius 1 is 1.17 bits per heavy atom. The van der Waals surface area contributed by atoms with Gasteiger partial charge in [-0.15, -0.1) is 0 Å². The van der Waals surface area contributed by atoms with Crippen LogP contribution in [0.5, 0.6) is 5.75 Å². The third-order valence-corrected chi connectivity index (χ3v) is 4.44. The Morgan fingerprint density at radius 3 is 2.46 bits per heavy atom. The van der Waals surface area contributed by atoms with Crippen molar-refractivity contribution in [3.8, 4) is 5.75 Å². The molecule has 6 heteroatoms. The summed E-state index contributed by atoms with van der Waals surface area (Å²) in [4.78, 5) is 28.6. The van der Waals surface area contributed by atoms with Gasteiger partial charge >= 0.3 is 0 Å². The predicted molar refractivity (Wildman–Crippen MR) is 94.6 cm³/mol. The van der Waals surface area contributed by atoms with Crippen LogP contribution in [-0.4, -0.2) is 54.9 Å². The number of rotatable bonds is 4. The first kappa shape index (κ1) is 18.6. The Morgan fingerprint density at radius 2 is 1.83 bits per heavy atom. The molecule has 1 saturated heterocycles. The van der Waals surface area contributed by atoms with Gasteiger partial charge in [-0.3, -0.25) is 9.59 Å². The van der Waals surface area contributed by atoms with Crippen LogP contribution in [0.4, 0.5) is 0 Å². The minimum Gasteiger partial charge on any atom is -0.497 e. The number of hydrogen-bond donors (Lipinski definition) is 0. The van der Waals surface area contributed by atoms with Crippen LogP contribution >= 0.6 is 11.6 Å². The topological polar surface area (TPSA) is 49.9 Å². The van der Waals surface area contributed by atoms with E-state index in [1.807, 2.05) is 18.7 Å². The van der Waals surface area contributed by atoms with Crippen molar-refractivity contribution in [2.75, 3.05) is 33.3 Å². The Kier molecular flexibility index (Phi) is 6.49. The fourth-order valence-electron chi connectivity index (χ4n) is 2.81. The van der Waals surface area contributed by atoms with Crippen molar-refractivity contribution >= 4 is 23.4 Å². The molecule has 0 unspecified atom stereocenters. The highest BCUT2D eigenvalue weighted by Gasteiger charge is 2.24. The number of hydrogen-bond acceptors (Lipinski definition) is 3. The molecule has 1 heterocycles. The lowest BCUT2D eigenvalue weighted by Crippen LogP contribution is -2.37. The Hall–Kier alpha value is -1.75. The number of nitrogens with zero attached hydrogens (tertiary/aromatic N) is 2. The summed E-state index contributed by atoms with van der Waals surface area (Å²) in [7, 11) is 1.56. The van der Waals surface area contributed by atoms with Gasteiger partial charge in [0.2, 0.25) is 5.91 Å². The van der Waals surface area contributed by atoms with E-state index in [0.29, 0.717) is 54.9 Å². The van der Waals surface area contributed by atoms with Crippen molar-refractivity contribution < 1.29 is 14.3 Å². The van der Waals surface area contributed by atoms with Crippen LogP contribution < -0.4 is 4.74 Å². The molecule has 1 fully saturated rings. The lowest BCUT2D eigenvalue weighted by atomic mass is 10.1. The number of carbonyl (C=O) groups excluding carboxylic acids is 2. The summed E-state index contributed by atoms with van der Waals surface area (Å²) in [5, 5.41) is 0.385. The maximum atomic E-state index is 12.7. The van der Waals surface area contributed by atoms with Crippen LogP contribution in [0, 0.1) is 5.92 Å². The zero-order valence-corrected chi connectivity index (χ0v) is 15.3. The summed E-state index contributed by atoms with van der Waals surface area (Å²) < 4.78 is 5.11. The summed E-state index contributed by atoms with van der Waals surface area (Å²) in [6.07, 6.45) is 1.33. The SMILES string of the molecule is COc1ccc(C(=O)N2CCCN(C(=O)CC(C)C)CC2)c(Cl)c1. The summed E-state index contributed by atoms with van der Waals surface area (Å²) in [6, 6.07) is 5.07. The van der Waals surface area contributed by atoms with Crippen LogP contribution in [-0.2, 0) is 4.79 Å². The van der Waals surface area contributed by atoms with Crippen molar-refractivity contribution in [2.24, 2.45) is 5.92 Å². The third-order valence-electron chi connectivity index (χ3n) is 4.13. The molecule has 1 aromatic rings. The maximum Gasteiger partial charge on any atom is 0.255 e. The number of halogens is 1. The third kappa shape index (κ3) is 4.63. The van der Waals surface area contributed by atoms with Gasteiger partial charge in [-0.2, -0.15) is 0 Å². The molecule has 0 saturated carbocycles. The van der Waals surface area contributed by atoms with E-state index < -0.39 is 0 Å². The van der Waals surface area contributed by atoms with Crippen LogP contribution in [0.1, 0.15) is 37.0 Å². The van der Waals surface area contributed by atoms with Gasteiger partial charge < -0.3 is 14.5 Å². The first-order valence-electron chi connectivity index (χ1n) is 8.33. The van der Waals surface area contributed by atoms with E-state index in [0.717, 1.165) is 6.42 Å². The molecule has 1 aliphatic heterocycles. The lowest BCUT2D eigenvalue weighted by Gasteiger charge is -2.23. The molecule has 0 radical (unpaired) electrons. The second-order valence-electron chi connectivity index (χ2n) is 6.47. The van der Waals surface area contributed by atoms with Crippen LogP contribution in [0.25, 0.3) is 0 Å². The average molecular weight is 353 g/mol. The summed E-state index contributed by atoms with van der Waals surface area (Å²) in [5.41, 5.74) is 0.472. The van der Waals surface area contributed by atoms with E-state index >= 15 is 0 Å². The van der Waals surface area contributed by atoms with Crippen molar-refractivity contribution in [1.29, 1.82) is 0 Å². The lowest BCUT2D eigenvalue weighted by molar-refractivity contribution is -0.131. The molecule has 2 rings (SSSR count). The maximum absolute atomic E-state index is 12.7. The minimum atomic E-state index is -0.0965. The standard InChI is InChI=1S/C18H25ClN2O3/c1-13(2)11-17(22)20-7-4-8-21(10-9-20)18(23)15-6-5-14(24-3)12-16(15)19/h5-6,12-13H,4,7-11H2,1-3H3. The van der Waals surface area contributed by atoms with Crippen LogP contribution in [0.2, 0.25) is 5.02 Å². The normalized spacial score (nSPS) is 15.4. The van der Waals surface area contributed by atoms with Gasteiger partial charge in [-0.05, 0) is 30.5 Å². The van der Waals surface area contributed by atoms with Crippen molar-refractivity contribution in [1.82, 2.24) is 9.80 Å². The van der Waals surface area contributed by atoms with Crippen molar-refractivity contribution in [3.63, 3.8) is 0 Å². The molecule has 0 spiro atoms. The van der Waals surface area contributed by atoms with Gasteiger partial charge in [-0.1, -0.05) is 25.4 Å². The minimum absolute atomic E-state index is 0.0965. The molecule has 0 aliphatic carbocycles. The van der Waals surface area contributed by atoms with E-state index in [9.17, 15) is 9.59 Å². The first-order valence-corrected chi connectivity index (χ1v) is 8.70. The fraction of sp³-hybridized carbons (Fsp3) is 0.556. The quantitative estimate of drug-likeness (QED) is 0.836. The Bertz CT molecular complexity index is 604. The Balaban J connectivity index is 2.03. The van der Waals surface area contributed by atoms with E-state index in [4.69, 9.17) is 16.3 Å². The van der Waals surface area contributed by atoms with Crippen molar-refractivity contribution in [2.45, 2.75) is 26.7 Å². The highest BCUT2D eigenvalue weighted by Crippen LogP contribution is 2.24. The highest BCUT2D eigenvalue weighted by molar-refractivity contribution is 6.34. The van der Waals surface area contributed by atoms with Gasteiger partial charge in [0.1, 0.15) is 5.75 Å². The molecule has 24 heavy (non-hydrogen) atoms. The van der Waals surface area contributed by atoms with E-state index in [1.54, 1.807) is 30.2 Å². The number of amides is 2. The van der Waals surface area contributed by atoms with Gasteiger partial charge in [0.25, 0.3) is 5.91 Å². The van der Waals surface area contributed by atoms with E-state index in [1.165, 1.54) is 0 Å². The van der Waals surface area contributed by atoms with E-state index in [2.05, 4.69) is 0 Å².